The van der Waals surface area contributed by atoms with E-state index in [0.29, 0.717) is 10.5 Å². The van der Waals surface area contributed by atoms with Crippen LogP contribution in [0.3, 0.4) is 0 Å². The molecule has 1 aliphatic rings. The number of rotatable bonds is 11. The fourth-order valence-electron chi connectivity index (χ4n) is 3.84. The van der Waals surface area contributed by atoms with E-state index in [9.17, 15) is 14.7 Å². The molecule has 1 unspecified atom stereocenters. The van der Waals surface area contributed by atoms with Crippen LogP contribution in [-0.4, -0.2) is 28.1 Å². The first-order chi connectivity index (χ1) is 14.4. The normalized spacial score (nSPS) is 17.1. The zero-order chi connectivity index (χ0) is 21.7. The van der Waals surface area contributed by atoms with Gasteiger partial charge in [0.05, 0.1) is 12.1 Å². The van der Waals surface area contributed by atoms with Crippen LogP contribution in [-0.2, 0) is 11.2 Å². The largest absolute Gasteiger partial charge is 0.477 e. The number of hydrogen-bond donors (Lipinski definition) is 2. The zero-order valence-electron chi connectivity index (χ0n) is 17.3. The molecule has 1 aromatic heterocycles. The SMILES string of the molecule is C=C1C(=O)N(c2ccc(C(O)CCCCC)cc2)[C@H]1CCCc1ccc(C(=O)O)s1. The highest BCUT2D eigenvalue weighted by molar-refractivity contribution is 7.13. The van der Waals surface area contributed by atoms with Crippen LogP contribution in [0.5, 0.6) is 0 Å². The Labute approximate surface area is 181 Å². The molecular weight excluding hydrogens is 398 g/mol. The van der Waals surface area contributed by atoms with Gasteiger partial charge in [-0.1, -0.05) is 44.9 Å². The molecular formula is C24H29NO4S. The van der Waals surface area contributed by atoms with E-state index in [0.717, 1.165) is 61.1 Å². The Morgan fingerprint density at radius 2 is 1.90 bits per heavy atom. The first-order valence-electron chi connectivity index (χ1n) is 10.5. The molecule has 1 saturated heterocycles. The topological polar surface area (TPSA) is 77.8 Å². The van der Waals surface area contributed by atoms with Crippen molar-refractivity contribution in [3.8, 4) is 0 Å². The number of hydrogen-bond acceptors (Lipinski definition) is 4. The number of amides is 1. The Bertz CT molecular complexity index is 902. The van der Waals surface area contributed by atoms with Gasteiger partial charge in [0.15, 0.2) is 0 Å². The van der Waals surface area contributed by atoms with E-state index in [-0.39, 0.29) is 11.9 Å². The molecule has 0 bridgehead atoms. The van der Waals surface area contributed by atoms with Gasteiger partial charge in [-0.3, -0.25) is 4.79 Å². The molecule has 2 heterocycles. The van der Waals surface area contributed by atoms with Crippen LogP contribution >= 0.6 is 11.3 Å². The number of unbranched alkanes of at least 4 members (excludes halogenated alkanes) is 2. The molecule has 1 aliphatic heterocycles. The maximum absolute atomic E-state index is 12.4. The summed E-state index contributed by atoms with van der Waals surface area (Å²) in [6.07, 6.45) is 5.95. The van der Waals surface area contributed by atoms with Crippen molar-refractivity contribution in [3.63, 3.8) is 0 Å². The van der Waals surface area contributed by atoms with Crippen LogP contribution < -0.4 is 4.90 Å². The monoisotopic (exact) mass is 427 g/mol. The lowest BCUT2D eigenvalue weighted by atomic mass is 9.90. The minimum atomic E-state index is -0.894. The van der Waals surface area contributed by atoms with E-state index >= 15 is 0 Å². The van der Waals surface area contributed by atoms with E-state index in [1.54, 1.807) is 11.0 Å². The first kappa shape index (κ1) is 22.2. The molecule has 2 N–H and O–H groups in total. The summed E-state index contributed by atoms with van der Waals surface area (Å²) in [6.45, 7) is 6.07. The number of carboxylic acid groups (broad SMARTS) is 1. The van der Waals surface area contributed by atoms with Crippen LogP contribution in [0.25, 0.3) is 0 Å². The smallest absolute Gasteiger partial charge is 0.345 e. The van der Waals surface area contributed by atoms with E-state index in [1.165, 1.54) is 11.3 Å². The van der Waals surface area contributed by atoms with Crippen molar-refractivity contribution >= 4 is 28.9 Å². The Kier molecular flexibility index (Phi) is 7.45. The molecule has 160 valence electrons. The van der Waals surface area contributed by atoms with Crippen LogP contribution in [0.2, 0.25) is 0 Å². The van der Waals surface area contributed by atoms with Crippen molar-refractivity contribution in [2.24, 2.45) is 0 Å². The number of carbonyl (C=O) groups is 2. The van der Waals surface area contributed by atoms with Gasteiger partial charge in [0.25, 0.3) is 5.91 Å². The van der Waals surface area contributed by atoms with Gasteiger partial charge in [0.1, 0.15) is 4.88 Å². The van der Waals surface area contributed by atoms with Crippen molar-refractivity contribution in [3.05, 3.63) is 63.9 Å². The van der Waals surface area contributed by atoms with Crippen LogP contribution in [0.15, 0.2) is 48.6 Å². The zero-order valence-corrected chi connectivity index (χ0v) is 18.2. The Morgan fingerprint density at radius 3 is 2.53 bits per heavy atom. The van der Waals surface area contributed by atoms with Gasteiger partial charge in [-0.15, -0.1) is 11.3 Å². The third-order valence-corrected chi connectivity index (χ3v) is 6.75. The summed E-state index contributed by atoms with van der Waals surface area (Å²) in [5, 5.41) is 19.4. The maximum Gasteiger partial charge on any atom is 0.345 e. The Balaban J connectivity index is 1.57. The number of anilines is 1. The van der Waals surface area contributed by atoms with E-state index in [4.69, 9.17) is 5.11 Å². The van der Waals surface area contributed by atoms with Gasteiger partial charge in [-0.05, 0) is 55.5 Å². The average Bonchev–Trinajstić information content (AvgIpc) is 3.22. The van der Waals surface area contributed by atoms with Gasteiger partial charge in [-0.2, -0.15) is 0 Å². The quantitative estimate of drug-likeness (QED) is 0.288. The van der Waals surface area contributed by atoms with Crippen molar-refractivity contribution in [1.29, 1.82) is 0 Å². The molecule has 2 atom stereocenters. The molecule has 1 amide bonds. The summed E-state index contributed by atoms with van der Waals surface area (Å²) in [4.78, 5) is 26.6. The summed E-state index contributed by atoms with van der Waals surface area (Å²) in [6, 6.07) is 11.1. The molecule has 2 aromatic rings. The lowest BCUT2D eigenvalue weighted by Gasteiger charge is -2.42. The standard InChI is InChI=1S/C24H29NO4S/c1-3-4-5-9-21(26)17-10-12-18(13-11-17)25-20(16(2)23(25)27)8-6-7-19-14-15-22(30-19)24(28)29/h10-15,20-21,26H,2-9H2,1H3,(H,28,29)/t20-,21?/m0/s1. The summed E-state index contributed by atoms with van der Waals surface area (Å²) in [5.41, 5.74) is 2.33. The van der Waals surface area contributed by atoms with Crippen LogP contribution in [0, 0.1) is 0 Å². The number of benzene rings is 1. The third-order valence-electron chi connectivity index (χ3n) is 5.62. The predicted octanol–water partition coefficient (Wildman–Crippen LogP) is 5.35. The van der Waals surface area contributed by atoms with Crippen molar-refractivity contribution in [2.75, 3.05) is 4.90 Å². The van der Waals surface area contributed by atoms with Crippen molar-refractivity contribution in [1.82, 2.24) is 0 Å². The summed E-state index contributed by atoms with van der Waals surface area (Å²) >= 11 is 1.30. The third kappa shape index (κ3) is 4.99. The predicted molar refractivity (Wildman–Crippen MR) is 120 cm³/mol. The molecule has 30 heavy (non-hydrogen) atoms. The maximum atomic E-state index is 12.4. The number of carbonyl (C=O) groups excluding carboxylic acids is 1. The molecule has 5 nitrogen and oxygen atoms in total. The fraction of sp³-hybridized carbons (Fsp3) is 0.417. The molecule has 0 saturated carbocycles. The highest BCUT2D eigenvalue weighted by Gasteiger charge is 2.40. The van der Waals surface area contributed by atoms with Crippen molar-refractivity contribution < 1.29 is 19.8 Å². The molecule has 0 spiro atoms. The summed E-state index contributed by atoms with van der Waals surface area (Å²) in [5.74, 6) is -0.949. The summed E-state index contributed by atoms with van der Waals surface area (Å²) in [7, 11) is 0. The minimum absolute atomic E-state index is 0.0308. The fourth-order valence-corrected chi connectivity index (χ4v) is 4.73. The molecule has 0 radical (unpaired) electrons. The number of nitrogens with zero attached hydrogens (tertiary/aromatic N) is 1. The van der Waals surface area contributed by atoms with E-state index in [1.807, 2.05) is 30.3 Å². The second-order valence-corrected chi connectivity index (χ2v) is 8.95. The minimum Gasteiger partial charge on any atom is -0.477 e. The van der Waals surface area contributed by atoms with E-state index in [2.05, 4.69) is 13.5 Å². The van der Waals surface area contributed by atoms with Crippen LogP contribution in [0.4, 0.5) is 5.69 Å². The summed E-state index contributed by atoms with van der Waals surface area (Å²) < 4.78 is 0. The second kappa shape index (κ2) is 10.0. The number of aliphatic hydroxyl groups is 1. The number of aromatic carboxylic acids is 1. The molecule has 0 aliphatic carbocycles. The van der Waals surface area contributed by atoms with Gasteiger partial charge in [0, 0.05) is 16.1 Å². The molecule has 3 rings (SSSR count). The molecule has 6 heteroatoms. The van der Waals surface area contributed by atoms with Gasteiger partial charge in [0.2, 0.25) is 0 Å². The van der Waals surface area contributed by atoms with E-state index < -0.39 is 12.1 Å². The number of carboxylic acids is 1. The van der Waals surface area contributed by atoms with Gasteiger partial charge < -0.3 is 15.1 Å². The molecule has 1 fully saturated rings. The lowest BCUT2D eigenvalue weighted by molar-refractivity contribution is -0.118. The lowest BCUT2D eigenvalue weighted by Crippen LogP contribution is -2.55. The Hall–Kier alpha value is -2.44. The highest BCUT2D eigenvalue weighted by Crippen LogP contribution is 2.35. The highest BCUT2D eigenvalue weighted by atomic mass is 32.1. The number of thiophene rings is 1. The molecule has 1 aromatic carbocycles. The van der Waals surface area contributed by atoms with Crippen LogP contribution in [0.1, 0.15) is 71.7 Å². The second-order valence-electron chi connectivity index (χ2n) is 7.78. The van der Waals surface area contributed by atoms with Gasteiger partial charge >= 0.3 is 5.97 Å². The van der Waals surface area contributed by atoms with Gasteiger partial charge in [-0.25, -0.2) is 4.79 Å². The first-order valence-corrected chi connectivity index (χ1v) is 11.4. The number of aryl methyl sites for hydroxylation is 1. The Morgan fingerprint density at radius 1 is 1.17 bits per heavy atom. The average molecular weight is 428 g/mol. The number of aliphatic hydroxyl groups excluding tert-OH is 1. The van der Waals surface area contributed by atoms with Crippen molar-refractivity contribution in [2.45, 2.75) is 64.0 Å². The number of β-lactam (4-membered cyclic amide) rings is 1.